The molecule has 0 bridgehead atoms. The number of carboxylic acid groups (broad SMARTS) is 1. The fourth-order valence-corrected chi connectivity index (χ4v) is 2.15. The maximum atomic E-state index is 11.5. The van der Waals surface area contributed by atoms with E-state index in [1.165, 1.54) is 0 Å². The van der Waals surface area contributed by atoms with E-state index >= 15 is 0 Å². The molecule has 5 heteroatoms. The lowest BCUT2D eigenvalue weighted by molar-refractivity contribution is -0.148. The number of hydrogen-bond donors (Lipinski definition) is 1. The number of nitrogens with zero attached hydrogens (tertiary/aromatic N) is 2. The second-order valence-electron chi connectivity index (χ2n) is 3.99. The van der Waals surface area contributed by atoms with Crippen LogP contribution in [0.2, 0.25) is 0 Å². The van der Waals surface area contributed by atoms with Crippen LogP contribution in [0.25, 0.3) is 0 Å². The van der Waals surface area contributed by atoms with Gasteiger partial charge in [-0.15, -0.1) is 0 Å². The van der Waals surface area contributed by atoms with Crippen LogP contribution in [0.4, 0.5) is 0 Å². The molecule has 2 rings (SSSR count). The summed E-state index contributed by atoms with van der Waals surface area (Å²) in [6, 6.07) is 0. The van der Waals surface area contributed by atoms with Crippen molar-refractivity contribution in [1.82, 2.24) is 9.97 Å². The molecule has 0 saturated carbocycles. The van der Waals surface area contributed by atoms with Gasteiger partial charge in [0.05, 0.1) is 11.4 Å². The summed E-state index contributed by atoms with van der Waals surface area (Å²) in [5.41, 5.74) is 0.342. The monoisotopic (exact) mass is 222 g/mol. The summed E-state index contributed by atoms with van der Waals surface area (Å²) in [5.74, 6) is -0.834. The summed E-state index contributed by atoms with van der Waals surface area (Å²) in [4.78, 5) is 19.8. The van der Waals surface area contributed by atoms with Crippen molar-refractivity contribution in [3.8, 4) is 0 Å². The standard InChI is InChI=1S/C11H14N2O3/c1-8-9(13-5-4-12-8)11(10(14)15)2-6-16-7-3-11/h4-5H,2-3,6-7H2,1H3,(H,14,15). The Morgan fingerprint density at radius 3 is 2.56 bits per heavy atom. The highest BCUT2D eigenvalue weighted by molar-refractivity contribution is 5.81. The smallest absolute Gasteiger partial charge is 0.315 e. The third-order valence-electron chi connectivity index (χ3n) is 3.09. The Hall–Kier alpha value is -1.49. The minimum Gasteiger partial charge on any atom is -0.481 e. The molecule has 1 N–H and O–H groups in total. The van der Waals surface area contributed by atoms with Gasteiger partial charge in [-0.2, -0.15) is 0 Å². The molecule has 1 aromatic heterocycles. The topological polar surface area (TPSA) is 72.3 Å². The van der Waals surface area contributed by atoms with E-state index in [0.717, 1.165) is 0 Å². The largest absolute Gasteiger partial charge is 0.481 e. The Kier molecular flexibility index (Phi) is 2.87. The quantitative estimate of drug-likeness (QED) is 0.805. The maximum Gasteiger partial charge on any atom is 0.315 e. The molecule has 0 radical (unpaired) electrons. The number of aliphatic carboxylic acids is 1. The van der Waals surface area contributed by atoms with Crippen molar-refractivity contribution in [2.75, 3.05) is 13.2 Å². The molecule has 0 atom stereocenters. The molecule has 16 heavy (non-hydrogen) atoms. The van der Waals surface area contributed by atoms with Gasteiger partial charge in [0, 0.05) is 25.6 Å². The highest BCUT2D eigenvalue weighted by atomic mass is 16.5. The van der Waals surface area contributed by atoms with E-state index in [1.807, 2.05) is 0 Å². The van der Waals surface area contributed by atoms with E-state index in [-0.39, 0.29) is 0 Å². The SMILES string of the molecule is Cc1nccnc1C1(C(=O)O)CCOCC1. The van der Waals surface area contributed by atoms with E-state index in [2.05, 4.69) is 9.97 Å². The van der Waals surface area contributed by atoms with Crippen molar-refractivity contribution in [1.29, 1.82) is 0 Å². The number of rotatable bonds is 2. The first-order valence-electron chi connectivity index (χ1n) is 5.26. The van der Waals surface area contributed by atoms with E-state index in [4.69, 9.17) is 4.74 Å². The van der Waals surface area contributed by atoms with Gasteiger partial charge in [0.15, 0.2) is 0 Å². The highest BCUT2D eigenvalue weighted by Gasteiger charge is 2.44. The second-order valence-corrected chi connectivity index (χ2v) is 3.99. The second kappa shape index (κ2) is 4.17. The van der Waals surface area contributed by atoms with Crippen LogP contribution in [0, 0.1) is 6.92 Å². The van der Waals surface area contributed by atoms with Crippen LogP contribution in [0.15, 0.2) is 12.4 Å². The first-order valence-corrected chi connectivity index (χ1v) is 5.26. The molecule has 1 saturated heterocycles. The fraction of sp³-hybridized carbons (Fsp3) is 0.545. The average molecular weight is 222 g/mol. The maximum absolute atomic E-state index is 11.5. The number of aromatic nitrogens is 2. The molecule has 2 heterocycles. The van der Waals surface area contributed by atoms with Crippen LogP contribution >= 0.6 is 0 Å². The molecule has 1 fully saturated rings. The van der Waals surface area contributed by atoms with E-state index in [1.54, 1.807) is 19.3 Å². The van der Waals surface area contributed by atoms with Crippen molar-refractivity contribution >= 4 is 5.97 Å². The van der Waals surface area contributed by atoms with Crippen molar-refractivity contribution < 1.29 is 14.6 Å². The molecular weight excluding hydrogens is 208 g/mol. The molecule has 1 aliphatic rings. The zero-order chi connectivity index (χ0) is 11.6. The number of aryl methyl sites for hydroxylation is 1. The minimum atomic E-state index is -0.920. The van der Waals surface area contributed by atoms with Gasteiger partial charge < -0.3 is 9.84 Å². The van der Waals surface area contributed by atoms with Gasteiger partial charge >= 0.3 is 5.97 Å². The molecule has 5 nitrogen and oxygen atoms in total. The van der Waals surface area contributed by atoms with Gasteiger partial charge in [0.25, 0.3) is 0 Å². The summed E-state index contributed by atoms with van der Waals surface area (Å²) in [6.07, 6.45) is 4.04. The van der Waals surface area contributed by atoms with Crippen LogP contribution in [0.1, 0.15) is 24.2 Å². The molecule has 1 aromatic rings. The first-order chi connectivity index (χ1) is 7.67. The molecule has 0 amide bonds. The van der Waals surface area contributed by atoms with E-state index in [0.29, 0.717) is 37.4 Å². The van der Waals surface area contributed by atoms with Crippen LogP contribution in [0.3, 0.4) is 0 Å². The zero-order valence-electron chi connectivity index (χ0n) is 9.14. The lowest BCUT2D eigenvalue weighted by Crippen LogP contribution is -2.42. The van der Waals surface area contributed by atoms with Crippen LogP contribution in [0.5, 0.6) is 0 Å². The fourth-order valence-electron chi connectivity index (χ4n) is 2.15. The summed E-state index contributed by atoms with van der Waals surface area (Å²) >= 11 is 0. The number of carboxylic acids is 1. The predicted octanol–water partition coefficient (Wildman–Crippen LogP) is 0.918. The molecule has 0 aliphatic carbocycles. The van der Waals surface area contributed by atoms with E-state index in [9.17, 15) is 9.90 Å². The Morgan fingerprint density at radius 1 is 1.38 bits per heavy atom. The predicted molar refractivity (Wildman–Crippen MR) is 56.1 cm³/mol. The molecule has 0 aromatic carbocycles. The van der Waals surface area contributed by atoms with Gasteiger partial charge in [-0.3, -0.25) is 14.8 Å². The highest BCUT2D eigenvalue weighted by Crippen LogP contribution is 2.34. The van der Waals surface area contributed by atoms with Crippen LogP contribution < -0.4 is 0 Å². The lowest BCUT2D eigenvalue weighted by atomic mass is 9.76. The van der Waals surface area contributed by atoms with Crippen molar-refractivity contribution in [2.24, 2.45) is 0 Å². The van der Waals surface area contributed by atoms with Gasteiger partial charge in [0.1, 0.15) is 5.41 Å². The molecule has 1 aliphatic heterocycles. The summed E-state index contributed by atoms with van der Waals surface area (Å²) in [7, 11) is 0. The van der Waals surface area contributed by atoms with Crippen molar-refractivity contribution in [3.63, 3.8) is 0 Å². The molecule has 0 unspecified atom stereocenters. The Balaban J connectivity index is 2.47. The Labute approximate surface area is 93.5 Å². The molecule has 86 valence electrons. The first kappa shape index (κ1) is 11.0. The number of hydrogen-bond acceptors (Lipinski definition) is 4. The Morgan fingerprint density at radius 2 is 2.00 bits per heavy atom. The van der Waals surface area contributed by atoms with E-state index < -0.39 is 11.4 Å². The van der Waals surface area contributed by atoms with Crippen LogP contribution in [-0.4, -0.2) is 34.3 Å². The minimum absolute atomic E-state index is 0.460. The number of ether oxygens (including phenoxy) is 1. The van der Waals surface area contributed by atoms with Gasteiger partial charge in [-0.05, 0) is 19.8 Å². The molecular formula is C11H14N2O3. The zero-order valence-corrected chi connectivity index (χ0v) is 9.14. The summed E-state index contributed by atoms with van der Waals surface area (Å²) < 4.78 is 5.22. The van der Waals surface area contributed by atoms with Gasteiger partial charge in [-0.25, -0.2) is 0 Å². The summed E-state index contributed by atoms with van der Waals surface area (Å²) in [6.45, 7) is 2.72. The van der Waals surface area contributed by atoms with Crippen molar-refractivity contribution in [3.05, 3.63) is 23.8 Å². The number of carbonyl (C=O) groups is 1. The Bertz CT molecular complexity index is 400. The van der Waals surface area contributed by atoms with Gasteiger partial charge in [0.2, 0.25) is 0 Å². The average Bonchev–Trinajstić information content (AvgIpc) is 2.30. The summed E-state index contributed by atoms with van der Waals surface area (Å²) in [5, 5.41) is 9.44. The normalized spacial score (nSPS) is 19.3. The lowest BCUT2D eigenvalue weighted by Gasteiger charge is -2.32. The molecule has 0 spiro atoms. The van der Waals surface area contributed by atoms with Gasteiger partial charge in [-0.1, -0.05) is 0 Å². The third-order valence-corrected chi connectivity index (χ3v) is 3.09. The third kappa shape index (κ3) is 1.67. The van der Waals surface area contributed by atoms with Crippen molar-refractivity contribution in [2.45, 2.75) is 25.2 Å². The van der Waals surface area contributed by atoms with Crippen LogP contribution in [-0.2, 0) is 14.9 Å².